The van der Waals surface area contributed by atoms with Gasteiger partial charge in [-0.05, 0) is 55.8 Å². The maximum atomic E-state index is 13.3. The van der Waals surface area contributed by atoms with Gasteiger partial charge in [0.2, 0.25) is 0 Å². The minimum Gasteiger partial charge on any atom is -0.507 e. The summed E-state index contributed by atoms with van der Waals surface area (Å²) in [6.07, 6.45) is 1.65. The lowest BCUT2D eigenvalue weighted by molar-refractivity contribution is -0.140. The Morgan fingerprint density at radius 1 is 1.11 bits per heavy atom. The minimum atomic E-state index is -0.750. The third kappa shape index (κ3) is 6.21. The standard InChI is InChI=1S/C29H34N2O6/c1-4-16-36-24-7-5-6-22(19-24)26-25(27(32)21-8-10-23(11-9-21)37-20(2)3)28(33)29(34)31(26)13-12-30-14-17-35-18-15-30/h4-11,19-20,26,32H,1,12-18H2,2-3H3/b27-25+/t26-/m1/s1. The average molecular weight is 507 g/mol. The Hall–Kier alpha value is -3.62. The minimum absolute atomic E-state index is 0.00632. The number of carbonyl (C=O) groups is 2. The van der Waals surface area contributed by atoms with Crippen LogP contribution >= 0.6 is 0 Å². The molecule has 196 valence electrons. The summed E-state index contributed by atoms with van der Waals surface area (Å²) in [6.45, 7) is 11.6. The molecule has 0 aliphatic carbocycles. The average Bonchev–Trinajstić information content (AvgIpc) is 3.16. The van der Waals surface area contributed by atoms with Crippen molar-refractivity contribution in [2.24, 2.45) is 0 Å². The van der Waals surface area contributed by atoms with E-state index in [1.165, 1.54) is 0 Å². The first-order valence-electron chi connectivity index (χ1n) is 12.6. The maximum Gasteiger partial charge on any atom is 0.295 e. The van der Waals surface area contributed by atoms with Crippen LogP contribution in [0.1, 0.15) is 31.0 Å². The highest BCUT2D eigenvalue weighted by Gasteiger charge is 2.46. The Morgan fingerprint density at radius 3 is 2.51 bits per heavy atom. The molecule has 1 amide bonds. The third-order valence-corrected chi connectivity index (χ3v) is 6.34. The van der Waals surface area contributed by atoms with Gasteiger partial charge in [-0.3, -0.25) is 14.5 Å². The normalized spacial score (nSPS) is 19.9. The van der Waals surface area contributed by atoms with Crippen molar-refractivity contribution in [3.63, 3.8) is 0 Å². The SMILES string of the molecule is C=CCOc1cccc([C@@H]2/C(=C(\O)c3ccc(OC(C)C)cc3)C(=O)C(=O)N2CCN2CCOCC2)c1. The molecule has 0 radical (unpaired) electrons. The summed E-state index contributed by atoms with van der Waals surface area (Å²) < 4.78 is 16.8. The molecule has 1 atom stereocenters. The van der Waals surface area contributed by atoms with E-state index in [1.807, 2.05) is 26.0 Å². The van der Waals surface area contributed by atoms with Crippen LogP contribution in [0.4, 0.5) is 0 Å². The number of rotatable bonds is 10. The molecule has 37 heavy (non-hydrogen) atoms. The van der Waals surface area contributed by atoms with Gasteiger partial charge in [-0.15, -0.1) is 0 Å². The van der Waals surface area contributed by atoms with Crippen molar-refractivity contribution < 1.29 is 28.9 Å². The van der Waals surface area contributed by atoms with Crippen LogP contribution in [-0.4, -0.2) is 78.7 Å². The van der Waals surface area contributed by atoms with Gasteiger partial charge in [0, 0.05) is 31.7 Å². The summed E-state index contributed by atoms with van der Waals surface area (Å²) in [5.41, 5.74) is 1.18. The largest absolute Gasteiger partial charge is 0.507 e. The Morgan fingerprint density at radius 2 is 1.84 bits per heavy atom. The molecule has 2 saturated heterocycles. The molecule has 2 heterocycles. The molecular formula is C29H34N2O6. The zero-order valence-corrected chi connectivity index (χ0v) is 21.4. The van der Waals surface area contributed by atoms with E-state index in [-0.39, 0.29) is 17.4 Å². The quantitative estimate of drug-likeness (QED) is 0.227. The van der Waals surface area contributed by atoms with Gasteiger partial charge >= 0.3 is 0 Å². The predicted octanol–water partition coefficient (Wildman–Crippen LogP) is 3.79. The number of hydrogen-bond donors (Lipinski definition) is 1. The molecule has 0 aromatic heterocycles. The van der Waals surface area contributed by atoms with E-state index in [1.54, 1.807) is 47.4 Å². The van der Waals surface area contributed by atoms with Gasteiger partial charge in [0.05, 0.1) is 30.9 Å². The predicted molar refractivity (Wildman–Crippen MR) is 141 cm³/mol. The first kappa shape index (κ1) is 26.4. The lowest BCUT2D eigenvalue weighted by Crippen LogP contribution is -2.42. The van der Waals surface area contributed by atoms with Gasteiger partial charge in [-0.2, -0.15) is 0 Å². The highest BCUT2D eigenvalue weighted by atomic mass is 16.5. The molecule has 0 bridgehead atoms. The zero-order valence-electron chi connectivity index (χ0n) is 21.4. The summed E-state index contributed by atoms with van der Waals surface area (Å²) in [5.74, 6) is -0.306. The second-order valence-corrected chi connectivity index (χ2v) is 9.31. The van der Waals surface area contributed by atoms with Crippen molar-refractivity contribution >= 4 is 17.4 Å². The molecule has 2 aromatic rings. The monoisotopic (exact) mass is 506 g/mol. The number of morpholine rings is 1. The molecule has 2 aliphatic heterocycles. The van der Waals surface area contributed by atoms with E-state index in [0.29, 0.717) is 55.5 Å². The maximum absolute atomic E-state index is 13.3. The fourth-order valence-corrected chi connectivity index (χ4v) is 4.58. The number of amides is 1. The molecule has 2 aliphatic rings. The molecule has 8 heteroatoms. The molecule has 0 spiro atoms. The highest BCUT2D eigenvalue weighted by Crippen LogP contribution is 2.40. The highest BCUT2D eigenvalue weighted by molar-refractivity contribution is 6.46. The van der Waals surface area contributed by atoms with Crippen LogP contribution in [0, 0.1) is 0 Å². The lowest BCUT2D eigenvalue weighted by Gasteiger charge is -2.31. The number of ketones is 1. The Kier molecular flexibility index (Phi) is 8.63. The van der Waals surface area contributed by atoms with Crippen molar-refractivity contribution in [3.05, 3.63) is 77.9 Å². The number of nitrogens with zero attached hydrogens (tertiary/aromatic N) is 2. The number of carbonyl (C=O) groups excluding carboxylic acids is 2. The van der Waals surface area contributed by atoms with E-state index < -0.39 is 17.7 Å². The fourth-order valence-electron chi connectivity index (χ4n) is 4.58. The van der Waals surface area contributed by atoms with Gasteiger partial charge in [-0.1, -0.05) is 24.8 Å². The Balaban J connectivity index is 1.71. The van der Waals surface area contributed by atoms with Crippen LogP contribution in [0.2, 0.25) is 0 Å². The zero-order chi connectivity index (χ0) is 26.4. The van der Waals surface area contributed by atoms with E-state index in [9.17, 15) is 14.7 Å². The lowest BCUT2D eigenvalue weighted by atomic mass is 9.95. The Bertz CT molecular complexity index is 1150. The second-order valence-electron chi connectivity index (χ2n) is 9.31. The van der Waals surface area contributed by atoms with Crippen molar-refractivity contribution in [3.8, 4) is 11.5 Å². The van der Waals surface area contributed by atoms with E-state index in [0.717, 1.165) is 13.1 Å². The molecule has 1 N–H and O–H groups in total. The van der Waals surface area contributed by atoms with Crippen LogP contribution in [0.3, 0.4) is 0 Å². The number of Topliss-reactive ketones (excluding diaryl/α,β-unsaturated/α-hetero) is 1. The second kappa shape index (κ2) is 12.1. The molecule has 8 nitrogen and oxygen atoms in total. The van der Waals surface area contributed by atoms with Crippen LogP contribution in [0.15, 0.2) is 66.8 Å². The fraction of sp³-hybridized carbons (Fsp3) is 0.379. The van der Waals surface area contributed by atoms with Gasteiger partial charge < -0.3 is 24.2 Å². The van der Waals surface area contributed by atoms with Crippen molar-refractivity contribution in [1.82, 2.24) is 9.80 Å². The number of benzene rings is 2. The molecular weight excluding hydrogens is 472 g/mol. The first-order chi connectivity index (χ1) is 17.9. The van der Waals surface area contributed by atoms with Gasteiger partial charge in [0.25, 0.3) is 11.7 Å². The van der Waals surface area contributed by atoms with Crippen molar-refractivity contribution in [1.29, 1.82) is 0 Å². The van der Waals surface area contributed by atoms with Crippen LogP contribution in [0.25, 0.3) is 5.76 Å². The van der Waals surface area contributed by atoms with Crippen LogP contribution in [0.5, 0.6) is 11.5 Å². The molecule has 4 rings (SSSR count). The van der Waals surface area contributed by atoms with Crippen LogP contribution < -0.4 is 9.47 Å². The van der Waals surface area contributed by atoms with E-state index in [4.69, 9.17) is 14.2 Å². The molecule has 2 fully saturated rings. The number of aliphatic hydroxyl groups excluding tert-OH is 1. The number of likely N-dealkylation sites (tertiary alicyclic amines) is 1. The van der Waals surface area contributed by atoms with Crippen molar-refractivity contribution in [2.45, 2.75) is 26.0 Å². The van der Waals surface area contributed by atoms with E-state index >= 15 is 0 Å². The first-order valence-corrected chi connectivity index (χ1v) is 12.6. The van der Waals surface area contributed by atoms with Crippen molar-refractivity contribution in [2.75, 3.05) is 46.0 Å². The summed E-state index contributed by atoms with van der Waals surface area (Å²) in [7, 11) is 0. The summed E-state index contributed by atoms with van der Waals surface area (Å²) >= 11 is 0. The Labute approximate surface area is 217 Å². The van der Waals surface area contributed by atoms with Gasteiger partial charge in [0.1, 0.15) is 23.9 Å². The van der Waals surface area contributed by atoms with Gasteiger partial charge in [-0.25, -0.2) is 0 Å². The molecule has 2 aromatic carbocycles. The summed E-state index contributed by atoms with van der Waals surface area (Å²) in [4.78, 5) is 30.3. The molecule has 0 unspecified atom stereocenters. The number of ether oxygens (including phenoxy) is 3. The van der Waals surface area contributed by atoms with E-state index in [2.05, 4.69) is 11.5 Å². The van der Waals surface area contributed by atoms with Crippen LogP contribution in [-0.2, 0) is 14.3 Å². The summed E-state index contributed by atoms with van der Waals surface area (Å²) in [5, 5.41) is 11.3. The topological polar surface area (TPSA) is 88.5 Å². The number of aliphatic hydroxyl groups is 1. The number of hydrogen-bond acceptors (Lipinski definition) is 7. The molecule has 0 saturated carbocycles. The third-order valence-electron chi connectivity index (χ3n) is 6.34. The van der Waals surface area contributed by atoms with Gasteiger partial charge in [0.15, 0.2) is 0 Å². The smallest absolute Gasteiger partial charge is 0.295 e. The summed E-state index contributed by atoms with van der Waals surface area (Å²) in [6, 6.07) is 13.4.